The van der Waals surface area contributed by atoms with Crippen molar-refractivity contribution in [3.8, 4) is 11.8 Å². The van der Waals surface area contributed by atoms with Crippen LogP contribution in [0.15, 0.2) is 36.5 Å². The number of morpholine rings is 1. The lowest BCUT2D eigenvalue weighted by molar-refractivity contribution is 0.0317. The molecule has 3 aromatic rings. The second kappa shape index (κ2) is 13.0. The van der Waals surface area contributed by atoms with Crippen LogP contribution in [0.1, 0.15) is 32.0 Å². The Hall–Kier alpha value is -4.29. The molecule has 4 rings (SSSR count). The molecular weight excluding hydrogens is 502 g/mol. The Balaban J connectivity index is 1.52. The monoisotopic (exact) mass is 535 g/mol. The Morgan fingerprint density at radius 2 is 1.85 bits per heavy atom. The van der Waals surface area contributed by atoms with Gasteiger partial charge in [0, 0.05) is 50.7 Å². The number of aromatic nitrogens is 3. The molecule has 0 saturated carbocycles. The molecule has 3 heterocycles. The Morgan fingerprint density at radius 3 is 2.59 bits per heavy atom. The number of hydrogen-bond acceptors (Lipinski definition) is 10. The van der Waals surface area contributed by atoms with Gasteiger partial charge in [0.05, 0.1) is 37.1 Å². The lowest BCUT2D eigenvalue weighted by Gasteiger charge is -2.26. The Morgan fingerprint density at radius 1 is 1.05 bits per heavy atom. The first-order chi connectivity index (χ1) is 18.9. The first kappa shape index (κ1) is 27.7. The van der Waals surface area contributed by atoms with Crippen molar-refractivity contribution >= 4 is 29.1 Å². The van der Waals surface area contributed by atoms with Crippen molar-refractivity contribution in [1.29, 1.82) is 0 Å². The SMILES string of the molecule is CNC(=O)c1cnc(Nc2cc(C)nc(OCCN3CCOCC3)n2)cc1NC(=O)c1cccc(C)c1OC. The Labute approximate surface area is 227 Å². The fraction of sp³-hybridized carbons (Fsp3) is 0.370. The van der Waals surface area contributed by atoms with Crippen LogP contribution in [0.25, 0.3) is 0 Å². The highest BCUT2D eigenvalue weighted by atomic mass is 16.5. The Kier molecular flexibility index (Phi) is 9.23. The molecule has 12 nitrogen and oxygen atoms in total. The summed E-state index contributed by atoms with van der Waals surface area (Å²) in [6.07, 6.45) is 1.39. The van der Waals surface area contributed by atoms with E-state index in [-0.39, 0.29) is 17.3 Å². The first-order valence-electron chi connectivity index (χ1n) is 12.6. The predicted molar refractivity (Wildman–Crippen MR) is 146 cm³/mol. The van der Waals surface area contributed by atoms with Crippen molar-refractivity contribution in [2.75, 3.05) is 64.2 Å². The van der Waals surface area contributed by atoms with Crippen LogP contribution in [0.2, 0.25) is 0 Å². The van der Waals surface area contributed by atoms with Gasteiger partial charge in [0.25, 0.3) is 11.8 Å². The van der Waals surface area contributed by atoms with Crippen molar-refractivity contribution < 1.29 is 23.8 Å². The second-order valence-electron chi connectivity index (χ2n) is 8.91. The average Bonchev–Trinajstić information content (AvgIpc) is 2.93. The molecule has 1 fully saturated rings. The van der Waals surface area contributed by atoms with E-state index in [1.54, 1.807) is 24.3 Å². The molecule has 1 saturated heterocycles. The molecule has 0 unspecified atom stereocenters. The van der Waals surface area contributed by atoms with E-state index in [0.717, 1.165) is 38.4 Å². The van der Waals surface area contributed by atoms with Gasteiger partial charge in [0.1, 0.15) is 24.0 Å². The zero-order valence-electron chi connectivity index (χ0n) is 22.5. The third-order valence-corrected chi connectivity index (χ3v) is 6.12. The van der Waals surface area contributed by atoms with Gasteiger partial charge in [0.2, 0.25) is 0 Å². The minimum Gasteiger partial charge on any atom is -0.496 e. The number of rotatable bonds is 10. The highest BCUT2D eigenvalue weighted by Gasteiger charge is 2.19. The molecule has 2 amide bonds. The van der Waals surface area contributed by atoms with Gasteiger partial charge >= 0.3 is 6.01 Å². The average molecular weight is 536 g/mol. The van der Waals surface area contributed by atoms with E-state index in [9.17, 15) is 9.59 Å². The molecule has 2 aromatic heterocycles. The maximum atomic E-state index is 13.2. The summed E-state index contributed by atoms with van der Waals surface area (Å²) in [5.41, 5.74) is 2.34. The molecule has 1 aliphatic heterocycles. The number of nitrogens with zero attached hydrogens (tertiary/aromatic N) is 4. The number of benzene rings is 1. The maximum Gasteiger partial charge on any atom is 0.318 e. The van der Waals surface area contributed by atoms with Gasteiger partial charge < -0.3 is 30.2 Å². The van der Waals surface area contributed by atoms with Gasteiger partial charge in [0.15, 0.2) is 0 Å². The molecule has 1 aliphatic rings. The number of methoxy groups -OCH3 is 1. The van der Waals surface area contributed by atoms with Gasteiger partial charge in [-0.3, -0.25) is 14.5 Å². The fourth-order valence-electron chi connectivity index (χ4n) is 4.13. The zero-order chi connectivity index (χ0) is 27.8. The van der Waals surface area contributed by atoms with Gasteiger partial charge in [-0.15, -0.1) is 0 Å². The molecular formula is C27H33N7O5. The van der Waals surface area contributed by atoms with E-state index in [1.165, 1.54) is 20.4 Å². The van der Waals surface area contributed by atoms with Crippen LogP contribution in [0.4, 0.5) is 17.3 Å². The van der Waals surface area contributed by atoms with Gasteiger partial charge in [-0.05, 0) is 25.5 Å². The summed E-state index contributed by atoms with van der Waals surface area (Å²) in [6.45, 7) is 8.08. The standard InChI is InChI=1S/C27H33N7O5/c1-17-6-5-7-19(24(17)37-4)26(36)31-21-15-22(29-16-20(21)25(35)28-3)32-23-14-18(2)30-27(33-23)39-13-10-34-8-11-38-12-9-34/h5-7,14-16H,8-13H2,1-4H3,(H,28,35)(H2,29,30,31,32,33,36). The van der Waals surface area contributed by atoms with Crippen molar-refractivity contribution in [2.45, 2.75) is 13.8 Å². The summed E-state index contributed by atoms with van der Waals surface area (Å²) in [7, 11) is 3.02. The first-order valence-corrected chi connectivity index (χ1v) is 12.6. The molecule has 206 valence electrons. The quantitative estimate of drug-likeness (QED) is 0.355. The number of nitrogens with one attached hydrogen (secondary N) is 3. The number of carbonyl (C=O) groups excluding carboxylic acids is 2. The van der Waals surface area contributed by atoms with Crippen LogP contribution >= 0.6 is 0 Å². The van der Waals surface area contributed by atoms with Crippen LogP contribution in [-0.2, 0) is 4.74 Å². The van der Waals surface area contributed by atoms with E-state index in [2.05, 4.69) is 35.8 Å². The van der Waals surface area contributed by atoms with Crippen LogP contribution in [0.3, 0.4) is 0 Å². The normalized spacial score (nSPS) is 13.4. The number of aryl methyl sites for hydroxylation is 2. The highest BCUT2D eigenvalue weighted by Crippen LogP contribution is 2.26. The van der Waals surface area contributed by atoms with E-state index in [4.69, 9.17) is 14.2 Å². The fourth-order valence-corrected chi connectivity index (χ4v) is 4.13. The van der Waals surface area contributed by atoms with Gasteiger partial charge in [-0.25, -0.2) is 9.97 Å². The Bertz CT molecular complexity index is 1330. The molecule has 0 atom stereocenters. The molecule has 1 aromatic carbocycles. The smallest absolute Gasteiger partial charge is 0.318 e. The number of hydrogen-bond donors (Lipinski definition) is 3. The lowest BCUT2D eigenvalue weighted by atomic mass is 10.1. The molecule has 3 N–H and O–H groups in total. The second-order valence-corrected chi connectivity index (χ2v) is 8.91. The minimum absolute atomic E-state index is 0.203. The van der Waals surface area contributed by atoms with Gasteiger partial charge in [-0.2, -0.15) is 4.98 Å². The molecule has 0 radical (unpaired) electrons. The van der Waals surface area contributed by atoms with Crippen LogP contribution in [0.5, 0.6) is 11.8 Å². The number of carbonyl (C=O) groups is 2. The van der Waals surface area contributed by atoms with Gasteiger partial charge in [-0.1, -0.05) is 12.1 Å². The molecule has 0 bridgehead atoms. The third-order valence-electron chi connectivity index (χ3n) is 6.12. The molecule has 0 aliphatic carbocycles. The summed E-state index contributed by atoms with van der Waals surface area (Å²) < 4.78 is 16.6. The summed E-state index contributed by atoms with van der Waals surface area (Å²) in [5.74, 6) is 0.468. The number of ether oxygens (including phenoxy) is 3. The van der Waals surface area contributed by atoms with Crippen molar-refractivity contribution in [3.05, 3.63) is 58.9 Å². The largest absolute Gasteiger partial charge is 0.496 e. The lowest BCUT2D eigenvalue weighted by Crippen LogP contribution is -2.38. The van der Waals surface area contributed by atoms with E-state index in [1.807, 2.05) is 19.9 Å². The summed E-state index contributed by atoms with van der Waals surface area (Å²) in [6, 6.07) is 8.84. The molecule has 12 heteroatoms. The van der Waals surface area contributed by atoms with Crippen molar-refractivity contribution in [2.24, 2.45) is 0 Å². The van der Waals surface area contributed by atoms with Crippen molar-refractivity contribution in [3.63, 3.8) is 0 Å². The highest BCUT2D eigenvalue weighted by molar-refractivity contribution is 6.10. The number of para-hydroxylation sites is 1. The summed E-state index contributed by atoms with van der Waals surface area (Å²) >= 11 is 0. The van der Waals surface area contributed by atoms with E-state index >= 15 is 0 Å². The predicted octanol–water partition coefficient (Wildman–Crippen LogP) is 2.56. The number of pyridine rings is 1. The third kappa shape index (κ3) is 7.18. The maximum absolute atomic E-state index is 13.2. The summed E-state index contributed by atoms with van der Waals surface area (Å²) in [5, 5.41) is 8.51. The van der Waals surface area contributed by atoms with Crippen LogP contribution < -0.4 is 25.4 Å². The molecule has 39 heavy (non-hydrogen) atoms. The van der Waals surface area contributed by atoms with Crippen molar-refractivity contribution in [1.82, 2.24) is 25.2 Å². The van der Waals surface area contributed by atoms with E-state index < -0.39 is 11.8 Å². The number of anilines is 3. The molecule has 0 spiro atoms. The van der Waals surface area contributed by atoms with E-state index in [0.29, 0.717) is 35.2 Å². The van der Waals surface area contributed by atoms with Crippen LogP contribution in [-0.4, -0.2) is 85.3 Å². The number of amides is 2. The van der Waals surface area contributed by atoms with Crippen LogP contribution in [0, 0.1) is 13.8 Å². The zero-order valence-corrected chi connectivity index (χ0v) is 22.5. The minimum atomic E-state index is -0.424. The summed E-state index contributed by atoms with van der Waals surface area (Å²) in [4.78, 5) is 41.1. The topological polar surface area (TPSA) is 140 Å².